The first kappa shape index (κ1) is 19.4. The van der Waals surface area contributed by atoms with E-state index in [1.54, 1.807) is 13.4 Å². The van der Waals surface area contributed by atoms with E-state index in [0.717, 1.165) is 53.5 Å². The lowest BCUT2D eigenvalue weighted by molar-refractivity contribution is -0.166. The number of hydrogen-bond acceptors (Lipinski definition) is 4. The SMILES string of the molecule is COc1ccc2c(c1)CCN1C(=O)C3CCCC(C21)N3C(=O)Cc1cccc2occc12. The normalized spacial score (nSPS) is 24.3. The molecule has 1 aromatic heterocycles. The van der Waals surface area contributed by atoms with Crippen LogP contribution in [0.1, 0.15) is 42.0 Å². The molecule has 164 valence electrons. The maximum atomic E-state index is 13.7. The van der Waals surface area contributed by atoms with Crippen LogP contribution in [0.2, 0.25) is 0 Å². The Morgan fingerprint density at radius 2 is 2.09 bits per heavy atom. The first-order valence-corrected chi connectivity index (χ1v) is 11.4. The van der Waals surface area contributed by atoms with E-state index in [1.807, 2.05) is 40.1 Å². The zero-order valence-corrected chi connectivity index (χ0v) is 18.1. The molecular formula is C26H26N2O4. The molecule has 4 heterocycles. The highest BCUT2D eigenvalue weighted by Crippen LogP contribution is 2.45. The number of piperidine rings is 1. The van der Waals surface area contributed by atoms with Crippen molar-refractivity contribution in [1.82, 2.24) is 9.80 Å². The van der Waals surface area contributed by atoms with Gasteiger partial charge in [-0.1, -0.05) is 18.2 Å². The van der Waals surface area contributed by atoms with Gasteiger partial charge in [0, 0.05) is 11.9 Å². The van der Waals surface area contributed by atoms with Crippen molar-refractivity contribution < 1.29 is 18.7 Å². The fraction of sp³-hybridized carbons (Fsp3) is 0.385. The van der Waals surface area contributed by atoms with Crippen molar-refractivity contribution in [3.63, 3.8) is 0 Å². The maximum Gasteiger partial charge on any atom is 0.245 e. The van der Waals surface area contributed by atoms with E-state index in [1.165, 1.54) is 5.56 Å². The van der Waals surface area contributed by atoms with E-state index < -0.39 is 0 Å². The summed E-state index contributed by atoms with van der Waals surface area (Å²) < 4.78 is 10.9. The average molecular weight is 431 g/mol. The zero-order valence-electron chi connectivity index (χ0n) is 18.1. The fourth-order valence-electron chi connectivity index (χ4n) is 6.02. The first-order chi connectivity index (χ1) is 15.7. The Bertz CT molecular complexity index is 1220. The van der Waals surface area contributed by atoms with Crippen LogP contribution in [0.4, 0.5) is 0 Å². The molecular weight excluding hydrogens is 404 g/mol. The maximum absolute atomic E-state index is 13.7. The van der Waals surface area contributed by atoms with Crippen LogP contribution in [0, 0.1) is 0 Å². The Hall–Kier alpha value is -3.28. The minimum atomic E-state index is -0.346. The van der Waals surface area contributed by atoms with Crippen molar-refractivity contribution in [1.29, 1.82) is 0 Å². The van der Waals surface area contributed by atoms with E-state index in [9.17, 15) is 9.59 Å². The Balaban J connectivity index is 1.37. The number of hydrogen-bond donors (Lipinski definition) is 0. The van der Waals surface area contributed by atoms with Crippen molar-refractivity contribution >= 4 is 22.8 Å². The Morgan fingerprint density at radius 1 is 1.19 bits per heavy atom. The molecule has 2 saturated heterocycles. The number of rotatable bonds is 3. The molecule has 0 saturated carbocycles. The molecule has 3 unspecified atom stereocenters. The molecule has 0 aliphatic carbocycles. The van der Waals surface area contributed by atoms with Crippen LogP contribution in [-0.2, 0) is 22.4 Å². The second-order valence-corrected chi connectivity index (χ2v) is 9.03. The molecule has 2 bridgehead atoms. The number of carbonyl (C=O) groups excluding carboxylic acids is 2. The number of fused-ring (bicyclic) bond motifs is 7. The molecule has 2 aromatic carbocycles. The second kappa shape index (κ2) is 7.40. The van der Waals surface area contributed by atoms with Gasteiger partial charge in [-0.25, -0.2) is 0 Å². The molecule has 0 spiro atoms. The van der Waals surface area contributed by atoms with Gasteiger partial charge in [0.15, 0.2) is 0 Å². The van der Waals surface area contributed by atoms with Crippen LogP contribution in [0.5, 0.6) is 5.75 Å². The lowest BCUT2D eigenvalue weighted by Crippen LogP contribution is -2.67. The van der Waals surface area contributed by atoms with Gasteiger partial charge in [-0.3, -0.25) is 9.59 Å². The van der Waals surface area contributed by atoms with Crippen LogP contribution < -0.4 is 4.74 Å². The number of nitrogens with zero attached hydrogens (tertiary/aromatic N) is 2. The molecule has 3 aliphatic heterocycles. The van der Waals surface area contributed by atoms with Crippen molar-refractivity contribution in [3.8, 4) is 5.75 Å². The average Bonchev–Trinajstić information content (AvgIpc) is 3.31. The molecule has 3 aromatic rings. The highest BCUT2D eigenvalue weighted by Gasteiger charge is 2.52. The number of carbonyl (C=O) groups is 2. The monoisotopic (exact) mass is 430 g/mol. The summed E-state index contributed by atoms with van der Waals surface area (Å²) in [6.07, 6.45) is 5.39. The third-order valence-electron chi connectivity index (χ3n) is 7.45. The highest BCUT2D eigenvalue weighted by molar-refractivity contribution is 5.93. The predicted molar refractivity (Wildman–Crippen MR) is 119 cm³/mol. The molecule has 3 atom stereocenters. The van der Waals surface area contributed by atoms with Crippen LogP contribution in [0.3, 0.4) is 0 Å². The minimum absolute atomic E-state index is 0.00921. The van der Waals surface area contributed by atoms with E-state index >= 15 is 0 Å². The van der Waals surface area contributed by atoms with Gasteiger partial charge < -0.3 is 19.0 Å². The molecule has 32 heavy (non-hydrogen) atoms. The summed E-state index contributed by atoms with van der Waals surface area (Å²) >= 11 is 0. The Labute approximate surface area is 186 Å². The molecule has 0 radical (unpaired) electrons. The van der Waals surface area contributed by atoms with E-state index in [4.69, 9.17) is 9.15 Å². The largest absolute Gasteiger partial charge is 0.497 e. The lowest BCUT2D eigenvalue weighted by atomic mass is 9.78. The molecule has 6 rings (SSSR count). The standard InChI is InChI=1S/C26H26N2O4/c1-31-18-8-9-20-17(14-18)10-12-27-25(20)21-5-3-6-22(26(27)30)28(21)24(29)15-16-4-2-7-23-19(16)11-13-32-23/h2,4,7-9,11,13-14,21-22,25H,3,5-6,10,12,15H2,1H3. The predicted octanol–water partition coefficient (Wildman–Crippen LogP) is 3.87. The molecule has 0 N–H and O–H groups in total. The van der Waals surface area contributed by atoms with Gasteiger partial charge in [-0.2, -0.15) is 0 Å². The van der Waals surface area contributed by atoms with Crippen molar-refractivity contribution in [2.24, 2.45) is 0 Å². The Kier molecular flexibility index (Phi) is 4.49. The van der Waals surface area contributed by atoms with Crippen LogP contribution >= 0.6 is 0 Å². The first-order valence-electron chi connectivity index (χ1n) is 11.4. The fourth-order valence-corrected chi connectivity index (χ4v) is 6.02. The number of methoxy groups -OCH3 is 1. The molecule has 6 heteroatoms. The quantitative estimate of drug-likeness (QED) is 0.633. The minimum Gasteiger partial charge on any atom is -0.497 e. The lowest BCUT2D eigenvalue weighted by Gasteiger charge is -2.55. The summed E-state index contributed by atoms with van der Waals surface area (Å²) in [5.74, 6) is 0.964. The Morgan fingerprint density at radius 3 is 2.97 bits per heavy atom. The van der Waals surface area contributed by atoms with E-state index in [2.05, 4.69) is 12.1 Å². The zero-order chi connectivity index (χ0) is 21.8. The summed E-state index contributed by atoms with van der Waals surface area (Å²) in [6, 6.07) is 13.4. The summed E-state index contributed by atoms with van der Waals surface area (Å²) in [5, 5.41) is 0.964. The second-order valence-electron chi connectivity index (χ2n) is 9.03. The third kappa shape index (κ3) is 2.85. The molecule has 2 amide bonds. The van der Waals surface area contributed by atoms with Crippen LogP contribution in [0.25, 0.3) is 11.0 Å². The molecule has 3 aliphatic rings. The van der Waals surface area contributed by atoms with Crippen LogP contribution in [-0.4, -0.2) is 47.4 Å². The van der Waals surface area contributed by atoms with E-state index in [0.29, 0.717) is 6.54 Å². The van der Waals surface area contributed by atoms with Gasteiger partial charge in [0.2, 0.25) is 11.8 Å². The number of amides is 2. The third-order valence-corrected chi connectivity index (χ3v) is 7.45. The van der Waals surface area contributed by atoms with Crippen LogP contribution in [0.15, 0.2) is 53.1 Å². The smallest absolute Gasteiger partial charge is 0.245 e. The molecule has 6 nitrogen and oxygen atoms in total. The number of benzene rings is 2. The van der Waals surface area contributed by atoms with E-state index in [-0.39, 0.29) is 36.4 Å². The van der Waals surface area contributed by atoms with Crippen molar-refractivity contribution in [2.45, 2.75) is 50.2 Å². The van der Waals surface area contributed by atoms with Gasteiger partial charge in [0.25, 0.3) is 0 Å². The van der Waals surface area contributed by atoms with Gasteiger partial charge >= 0.3 is 0 Å². The van der Waals surface area contributed by atoms with Gasteiger partial charge in [-0.05, 0) is 66.6 Å². The van der Waals surface area contributed by atoms with Crippen molar-refractivity contribution in [3.05, 3.63) is 65.4 Å². The summed E-state index contributed by atoms with van der Waals surface area (Å²) in [4.78, 5) is 31.2. The topological polar surface area (TPSA) is 63.0 Å². The number of piperazine rings is 1. The van der Waals surface area contributed by atoms with Gasteiger partial charge in [0.1, 0.15) is 17.4 Å². The number of ether oxygens (including phenoxy) is 1. The summed E-state index contributed by atoms with van der Waals surface area (Å²) in [7, 11) is 1.67. The van der Waals surface area contributed by atoms with Gasteiger partial charge in [0.05, 0.1) is 31.9 Å². The summed E-state index contributed by atoms with van der Waals surface area (Å²) in [6.45, 7) is 0.701. The highest BCUT2D eigenvalue weighted by atomic mass is 16.5. The molecule has 2 fully saturated rings. The summed E-state index contributed by atoms with van der Waals surface area (Å²) in [5.41, 5.74) is 4.11. The number of furan rings is 1. The van der Waals surface area contributed by atoms with Crippen molar-refractivity contribution in [2.75, 3.05) is 13.7 Å². The van der Waals surface area contributed by atoms with Gasteiger partial charge in [-0.15, -0.1) is 0 Å².